The van der Waals surface area contributed by atoms with Crippen molar-refractivity contribution < 1.29 is 29.0 Å². The molecule has 5 aliphatic heterocycles. The van der Waals surface area contributed by atoms with Crippen LogP contribution in [0.5, 0.6) is 0 Å². The number of ether oxygens (including phenoxy) is 1. The van der Waals surface area contributed by atoms with Crippen LogP contribution in [-0.2, 0) is 44.2 Å². The van der Waals surface area contributed by atoms with Gasteiger partial charge in [-0.05, 0) is 92.5 Å². The number of para-hydroxylation sites is 2. The number of nitrogens with zero attached hydrogens (tertiary/aromatic N) is 4. The molecule has 2 spiro atoms. The molecule has 5 atom stereocenters. The Kier molecular flexibility index (Phi) is 9.83. The van der Waals surface area contributed by atoms with E-state index in [0.717, 1.165) is 52.4 Å². The fourth-order valence-corrected chi connectivity index (χ4v) is 13.4. The molecule has 0 saturated carbocycles. The molecule has 12 heteroatoms. The fraction of sp³-hybridized carbons (Fsp3) is 0.413. The lowest BCUT2D eigenvalue weighted by Gasteiger charge is -2.39. The minimum atomic E-state index is -3.03. The summed E-state index contributed by atoms with van der Waals surface area (Å²) >= 11 is 0. The maximum Gasteiger partial charge on any atom is 0.264 e. The Bertz CT molecular complexity index is 2230. The highest BCUT2D eigenvalue weighted by atomic mass is 28.4. The van der Waals surface area contributed by atoms with Crippen LogP contribution in [0.4, 0.5) is 17.1 Å². The number of piperidine rings is 1. The standard InChI is InChI=1S/C46H53N5O6Si/c1-31-42(58(2,3)56)40(26-41(53)48-28-34-14-8-7-13-33(34)25-37(48)29-52)57-46(31)38-18-9-10-19-39(38)49(44(46)55)27-32-12-11-17-36(24-32)50-30-51(35-15-5-4-6-16-35)45(43(50)54)20-22-47-23-21-45/h4-19,24,31,37,40,42,47,52,56H,20-23,25-30H2,1-3H3/t31-,37+,40+,42-,46+/m1/s1. The topological polar surface area (TPSA) is 126 Å². The number of carbonyl (C=O) groups is 3. The minimum absolute atomic E-state index is 0.00861. The number of benzene rings is 4. The van der Waals surface area contributed by atoms with E-state index in [4.69, 9.17) is 4.74 Å². The number of carbonyl (C=O) groups excluding carboxylic acids is 3. The number of aliphatic hydroxyl groups is 1. The van der Waals surface area contributed by atoms with Crippen molar-refractivity contribution in [1.29, 1.82) is 0 Å². The largest absolute Gasteiger partial charge is 0.432 e. The molecule has 0 bridgehead atoms. The zero-order valence-corrected chi connectivity index (χ0v) is 34.5. The van der Waals surface area contributed by atoms with Crippen molar-refractivity contribution in [3.8, 4) is 0 Å². The van der Waals surface area contributed by atoms with Crippen molar-refractivity contribution in [2.45, 2.75) is 87.6 Å². The quantitative estimate of drug-likeness (QED) is 0.205. The van der Waals surface area contributed by atoms with Gasteiger partial charge < -0.3 is 34.7 Å². The van der Waals surface area contributed by atoms with Gasteiger partial charge in [0.25, 0.3) is 11.8 Å². The van der Waals surface area contributed by atoms with Crippen LogP contribution < -0.4 is 20.0 Å². The Morgan fingerprint density at radius 1 is 0.879 bits per heavy atom. The number of aliphatic hydroxyl groups excluding tert-OH is 1. The van der Waals surface area contributed by atoms with E-state index >= 15 is 4.79 Å². The van der Waals surface area contributed by atoms with E-state index in [1.807, 2.05) is 116 Å². The summed E-state index contributed by atoms with van der Waals surface area (Å²) in [7, 11) is -3.03. The summed E-state index contributed by atoms with van der Waals surface area (Å²) in [5.41, 5.74) is 3.88. The van der Waals surface area contributed by atoms with E-state index < -0.39 is 37.0 Å². The number of nitrogens with one attached hydrogen (secondary N) is 1. The Morgan fingerprint density at radius 3 is 2.31 bits per heavy atom. The highest BCUT2D eigenvalue weighted by Crippen LogP contribution is 2.60. The van der Waals surface area contributed by atoms with Gasteiger partial charge in [0.2, 0.25) is 5.91 Å². The lowest BCUT2D eigenvalue weighted by atomic mass is 9.82. The molecule has 58 heavy (non-hydrogen) atoms. The zero-order valence-electron chi connectivity index (χ0n) is 33.5. The van der Waals surface area contributed by atoms with E-state index in [1.165, 1.54) is 0 Å². The molecule has 0 radical (unpaired) electrons. The lowest BCUT2D eigenvalue weighted by molar-refractivity contribution is -0.151. The summed E-state index contributed by atoms with van der Waals surface area (Å²) in [4.78, 5) is 63.4. The van der Waals surface area contributed by atoms with Crippen LogP contribution in [-0.4, -0.2) is 84.9 Å². The van der Waals surface area contributed by atoms with Crippen LogP contribution in [0.1, 0.15) is 48.4 Å². The monoisotopic (exact) mass is 799 g/mol. The van der Waals surface area contributed by atoms with Gasteiger partial charge in [0.15, 0.2) is 13.9 Å². The first-order valence-corrected chi connectivity index (χ1v) is 23.7. The molecule has 0 unspecified atom stereocenters. The van der Waals surface area contributed by atoms with Crippen molar-refractivity contribution in [1.82, 2.24) is 10.2 Å². The summed E-state index contributed by atoms with van der Waals surface area (Å²) in [6.45, 7) is 8.16. The van der Waals surface area contributed by atoms with Crippen LogP contribution >= 0.6 is 0 Å². The molecular formula is C46H53N5O6Si. The van der Waals surface area contributed by atoms with E-state index in [-0.39, 0.29) is 43.3 Å². The molecule has 0 aromatic heterocycles. The molecule has 3 saturated heterocycles. The zero-order chi connectivity index (χ0) is 40.4. The van der Waals surface area contributed by atoms with Gasteiger partial charge in [0.1, 0.15) is 5.54 Å². The summed E-state index contributed by atoms with van der Waals surface area (Å²) in [6, 6.07) is 33.4. The number of hydrogen-bond acceptors (Lipinski definition) is 8. The minimum Gasteiger partial charge on any atom is -0.432 e. The van der Waals surface area contributed by atoms with Gasteiger partial charge in [0.05, 0.1) is 44.1 Å². The lowest BCUT2D eigenvalue weighted by Crippen LogP contribution is -2.55. The summed E-state index contributed by atoms with van der Waals surface area (Å²) in [5.74, 6) is -0.714. The Morgan fingerprint density at radius 2 is 1.57 bits per heavy atom. The molecule has 302 valence electrons. The molecule has 5 heterocycles. The summed E-state index contributed by atoms with van der Waals surface area (Å²) in [5, 5.41) is 13.8. The predicted molar refractivity (Wildman–Crippen MR) is 226 cm³/mol. The van der Waals surface area contributed by atoms with E-state index in [1.54, 1.807) is 9.80 Å². The van der Waals surface area contributed by atoms with Crippen molar-refractivity contribution in [3.63, 3.8) is 0 Å². The van der Waals surface area contributed by atoms with E-state index in [9.17, 15) is 19.5 Å². The van der Waals surface area contributed by atoms with Crippen LogP contribution in [0.15, 0.2) is 103 Å². The molecule has 4 aromatic carbocycles. The second kappa shape index (κ2) is 14.8. The third kappa shape index (κ3) is 6.19. The van der Waals surface area contributed by atoms with Crippen molar-refractivity contribution in [2.24, 2.45) is 5.92 Å². The molecule has 3 fully saturated rings. The van der Waals surface area contributed by atoms with Crippen molar-refractivity contribution in [3.05, 3.63) is 125 Å². The second-order valence-corrected chi connectivity index (χ2v) is 21.4. The van der Waals surface area contributed by atoms with Crippen LogP contribution in [0.25, 0.3) is 0 Å². The van der Waals surface area contributed by atoms with Gasteiger partial charge in [0, 0.05) is 34.9 Å². The van der Waals surface area contributed by atoms with Gasteiger partial charge in [-0.25, -0.2) is 0 Å². The Hall–Kier alpha value is -4.85. The number of anilines is 3. The van der Waals surface area contributed by atoms with Crippen LogP contribution in [0, 0.1) is 5.92 Å². The smallest absolute Gasteiger partial charge is 0.264 e. The van der Waals surface area contributed by atoms with Crippen LogP contribution in [0.3, 0.4) is 0 Å². The first-order valence-electron chi connectivity index (χ1n) is 20.7. The van der Waals surface area contributed by atoms with Gasteiger partial charge in [-0.2, -0.15) is 0 Å². The van der Waals surface area contributed by atoms with E-state index in [2.05, 4.69) is 22.3 Å². The number of fused-ring (bicyclic) bond motifs is 3. The first-order chi connectivity index (χ1) is 28.0. The normalized spacial score (nSPS) is 26.5. The third-order valence-corrected chi connectivity index (χ3v) is 16.2. The third-order valence-electron chi connectivity index (χ3n) is 13.7. The summed E-state index contributed by atoms with van der Waals surface area (Å²) < 4.78 is 7.01. The maximum absolute atomic E-state index is 15.2. The average Bonchev–Trinajstić information content (AvgIpc) is 3.78. The van der Waals surface area contributed by atoms with Crippen molar-refractivity contribution in [2.75, 3.05) is 41.1 Å². The Balaban J connectivity index is 1.00. The molecular weight excluding hydrogens is 747 g/mol. The maximum atomic E-state index is 15.2. The number of amides is 3. The molecule has 9 rings (SSSR count). The molecule has 5 aliphatic rings. The Labute approximate surface area is 341 Å². The number of rotatable bonds is 8. The molecule has 3 amide bonds. The fourth-order valence-electron chi connectivity index (χ4n) is 10.9. The predicted octanol–water partition coefficient (Wildman–Crippen LogP) is 5.30. The van der Waals surface area contributed by atoms with Gasteiger partial charge in [-0.15, -0.1) is 0 Å². The van der Waals surface area contributed by atoms with Gasteiger partial charge in [-0.1, -0.05) is 79.7 Å². The van der Waals surface area contributed by atoms with E-state index in [0.29, 0.717) is 32.5 Å². The first kappa shape index (κ1) is 38.7. The molecule has 3 N–H and O–H groups in total. The molecule has 11 nitrogen and oxygen atoms in total. The summed E-state index contributed by atoms with van der Waals surface area (Å²) in [6.07, 6.45) is 1.27. The highest BCUT2D eigenvalue weighted by molar-refractivity contribution is 6.71. The van der Waals surface area contributed by atoms with Gasteiger partial charge >= 0.3 is 0 Å². The molecule has 4 aromatic rings. The number of hydrogen-bond donors (Lipinski definition) is 3. The highest BCUT2D eigenvalue weighted by Gasteiger charge is 2.66. The molecule has 0 aliphatic carbocycles. The SMILES string of the molecule is C[C@@H]1[C@@H]([Si](C)(C)O)[C@H](CC(=O)N2Cc3ccccc3C[C@H]2CO)O[C@@]12C(=O)N(Cc1cccc(N3CN(c4ccccc4)C4(CCNCC4)C3=O)c1)c1ccccc12. The van der Waals surface area contributed by atoms with Crippen molar-refractivity contribution >= 4 is 43.1 Å². The average molecular weight is 800 g/mol. The second-order valence-electron chi connectivity index (χ2n) is 17.4. The van der Waals surface area contributed by atoms with Gasteiger partial charge in [-0.3, -0.25) is 19.3 Å². The van der Waals surface area contributed by atoms with Crippen LogP contribution in [0.2, 0.25) is 18.6 Å².